The van der Waals surface area contributed by atoms with Gasteiger partial charge in [0.1, 0.15) is 11.3 Å². The molecule has 1 N–H and O–H groups in total. The van der Waals surface area contributed by atoms with Gasteiger partial charge in [-0.15, -0.1) is 0 Å². The molecule has 0 fully saturated rings. The molecule has 30 heavy (non-hydrogen) atoms. The minimum atomic E-state index is -0.595. The SMILES string of the molecule is CCOC(=O)c1oc2cccc(OCCCNCc3cccnc3)c2c1CN=[N+]=[N-]. The summed E-state index contributed by atoms with van der Waals surface area (Å²) >= 11 is 0. The molecule has 0 atom stereocenters. The summed E-state index contributed by atoms with van der Waals surface area (Å²) in [5, 5.41) is 7.56. The second-order valence-corrected chi connectivity index (χ2v) is 6.39. The first-order valence-electron chi connectivity index (χ1n) is 9.69. The average Bonchev–Trinajstić information content (AvgIpc) is 3.15. The summed E-state index contributed by atoms with van der Waals surface area (Å²) in [4.78, 5) is 19.1. The van der Waals surface area contributed by atoms with Gasteiger partial charge in [-0.3, -0.25) is 4.98 Å². The number of azide groups is 1. The number of pyridine rings is 1. The Bertz CT molecular complexity index is 1030. The van der Waals surface area contributed by atoms with Crippen LogP contribution in [0.2, 0.25) is 0 Å². The lowest BCUT2D eigenvalue weighted by atomic mass is 10.1. The van der Waals surface area contributed by atoms with Gasteiger partial charge in [0.15, 0.2) is 0 Å². The van der Waals surface area contributed by atoms with Gasteiger partial charge >= 0.3 is 5.97 Å². The maximum Gasteiger partial charge on any atom is 0.374 e. The van der Waals surface area contributed by atoms with Crippen LogP contribution in [0.15, 0.2) is 52.3 Å². The number of benzene rings is 1. The molecular weight excluding hydrogens is 386 g/mol. The Labute approximate surface area is 173 Å². The molecule has 0 unspecified atom stereocenters. The molecule has 0 bridgehead atoms. The van der Waals surface area contributed by atoms with Crippen molar-refractivity contribution in [2.45, 2.75) is 26.4 Å². The average molecular weight is 409 g/mol. The third kappa shape index (κ3) is 5.28. The molecule has 0 aliphatic rings. The number of fused-ring (bicyclic) bond motifs is 1. The molecule has 156 valence electrons. The quantitative estimate of drug-likeness (QED) is 0.165. The largest absolute Gasteiger partial charge is 0.493 e. The number of nitrogens with one attached hydrogen (secondary N) is 1. The van der Waals surface area contributed by atoms with Crippen LogP contribution in [0.25, 0.3) is 21.4 Å². The molecule has 0 amide bonds. The standard InChI is InChI=1S/C21H23N5O4/c1-2-28-21(27)20-16(14-25-26-22)19-17(7-3-8-18(19)30-20)29-11-5-10-24-13-15-6-4-9-23-12-15/h3-4,6-9,12,24H,2,5,10-11,13-14H2,1H3. The van der Waals surface area contributed by atoms with Gasteiger partial charge in [0.2, 0.25) is 5.76 Å². The first-order chi connectivity index (χ1) is 14.7. The molecule has 3 aromatic rings. The Morgan fingerprint density at radius 3 is 3.00 bits per heavy atom. The molecular formula is C21H23N5O4. The highest BCUT2D eigenvalue weighted by Gasteiger charge is 2.23. The zero-order valence-electron chi connectivity index (χ0n) is 16.7. The van der Waals surface area contributed by atoms with E-state index in [9.17, 15) is 4.79 Å². The van der Waals surface area contributed by atoms with Gasteiger partial charge < -0.3 is 19.2 Å². The van der Waals surface area contributed by atoms with Gasteiger partial charge in [-0.25, -0.2) is 4.79 Å². The lowest BCUT2D eigenvalue weighted by Gasteiger charge is -2.09. The highest BCUT2D eigenvalue weighted by atomic mass is 16.5. The van der Waals surface area contributed by atoms with Crippen molar-refractivity contribution in [3.8, 4) is 5.75 Å². The lowest BCUT2D eigenvalue weighted by molar-refractivity contribution is 0.0491. The fourth-order valence-electron chi connectivity index (χ4n) is 3.03. The van der Waals surface area contributed by atoms with Gasteiger partial charge in [-0.05, 0) is 49.2 Å². The van der Waals surface area contributed by atoms with E-state index in [4.69, 9.17) is 19.4 Å². The van der Waals surface area contributed by atoms with Crippen molar-refractivity contribution in [1.29, 1.82) is 0 Å². The van der Waals surface area contributed by atoms with Crippen molar-refractivity contribution in [2.24, 2.45) is 5.11 Å². The van der Waals surface area contributed by atoms with Crippen LogP contribution in [-0.4, -0.2) is 30.7 Å². The van der Waals surface area contributed by atoms with E-state index in [-0.39, 0.29) is 18.9 Å². The first-order valence-corrected chi connectivity index (χ1v) is 9.69. The van der Waals surface area contributed by atoms with Gasteiger partial charge in [-0.2, -0.15) is 0 Å². The zero-order chi connectivity index (χ0) is 21.2. The van der Waals surface area contributed by atoms with Gasteiger partial charge in [0.05, 0.1) is 25.1 Å². The molecule has 0 aliphatic heterocycles. The molecule has 2 aromatic heterocycles. The molecule has 0 saturated heterocycles. The van der Waals surface area contributed by atoms with E-state index in [2.05, 4.69) is 20.3 Å². The fourth-order valence-corrected chi connectivity index (χ4v) is 3.03. The number of esters is 1. The van der Waals surface area contributed by atoms with Crippen molar-refractivity contribution in [1.82, 2.24) is 10.3 Å². The van der Waals surface area contributed by atoms with E-state index in [1.54, 1.807) is 31.3 Å². The second kappa shape index (κ2) is 10.8. The summed E-state index contributed by atoms with van der Waals surface area (Å²) in [5.74, 6) is 0.0121. The number of carbonyl (C=O) groups excluding carboxylic acids is 1. The number of ether oxygens (including phenoxy) is 2. The zero-order valence-corrected chi connectivity index (χ0v) is 16.7. The first kappa shape index (κ1) is 21.2. The minimum absolute atomic E-state index is 0.0356. The summed E-state index contributed by atoms with van der Waals surface area (Å²) in [6.07, 6.45) is 4.36. The third-order valence-corrected chi connectivity index (χ3v) is 4.34. The smallest absolute Gasteiger partial charge is 0.374 e. The van der Waals surface area contributed by atoms with E-state index in [0.29, 0.717) is 28.9 Å². The van der Waals surface area contributed by atoms with Crippen molar-refractivity contribution in [2.75, 3.05) is 19.8 Å². The van der Waals surface area contributed by atoms with E-state index in [1.165, 1.54) is 0 Å². The summed E-state index contributed by atoms with van der Waals surface area (Å²) in [6.45, 7) is 3.88. The second-order valence-electron chi connectivity index (χ2n) is 6.39. The summed E-state index contributed by atoms with van der Waals surface area (Å²) in [6, 6.07) is 9.25. The number of aromatic nitrogens is 1. The Hall–Kier alpha value is -3.55. The summed E-state index contributed by atoms with van der Waals surface area (Å²) in [5.41, 5.74) is 10.8. The van der Waals surface area contributed by atoms with Crippen LogP contribution in [0, 0.1) is 0 Å². The van der Waals surface area contributed by atoms with Crippen molar-refractivity contribution < 1.29 is 18.7 Å². The predicted octanol–water partition coefficient (Wildman–Crippen LogP) is 4.37. The van der Waals surface area contributed by atoms with E-state index in [1.807, 2.05) is 18.3 Å². The number of nitrogens with zero attached hydrogens (tertiary/aromatic N) is 4. The van der Waals surface area contributed by atoms with E-state index in [0.717, 1.165) is 25.1 Å². The molecule has 3 rings (SSSR count). The molecule has 0 spiro atoms. The fraction of sp³-hybridized carbons (Fsp3) is 0.333. The topological polar surface area (TPSA) is 122 Å². The summed E-state index contributed by atoms with van der Waals surface area (Å²) in [7, 11) is 0. The van der Waals surface area contributed by atoms with Crippen molar-refractivity contribution >= 4 is 16.9 Å². The van der Waals surface area contributed by atoms with Crippen LogP contribution in [0.4, 0.5) is 0 Å². The highest BCUT2D eigenvalue weighted by Crippen LogP contribution is 2.34. The van der Waals surface area contributed by atoms with Gasteiger partial charge in [0, 0.05) is 29.4 Å². The molecule has 0 radical (unpaired) electrons. The van der Waals surface area contributed by atoms with Crippen LogP contribution in [0.5, 0.6) is 5.75 Å². The van der Waals surface area contributed by atoms with E-state index < -0.39 is 5.97 Å². The Balaban J connectivity index is 1.67. The third-order valence-electron chi connectivity index (χ3n) is 4.34. The maximum absolute atomic E-state index is 12.3. The minimum Gasteiger partial charge on any atom is -0.493 e. The number of carbonyl (C=O) groups is 1. The molecule has 0 aliphatic carbocycles. The van der Waals surface area contributed by atoms with Crippen molar-refractivity contribution in [3.63, 3.8) is 0 Å². The Morgan fingerprint density at radius 2 is 2.23 bits per heavy atom. The predicted molar refractivity (Wildman–Crippen MR) is 111 cm³/mol. The number of hydrogen-bond acceptors (Lipinski definition) is 7. The van der Waals surface area contributed by atoms with Crippen LogP contribution >= 0.6 is 0 Å². The highest BCUT2D eigenvalue weighted by molar-refractivity contribution is 5.98. The number of rotatable bonds is 11. The lowest BCUT2D eigenvalue weighted by Crippen LogP contribution is -2.17. The van der Waals surface area contributed by atoms with Crippen LogP contribution < -0.4 is 10.1 Å². The molecule has 9 nitrogen and oxygen atoms in total. The van der Waals surface area contributed by atoms with Crippen LogP contribution in [0.1, 0.15) is 35.0 Å². The van der Waals surface area contributed by atoms with Crippen LogP contribution in [-0.2, 0) is 17.8 Å². The van der Waals surface area contributed by atoms with Gasteiger partial charge in [0.25, 0.3) is 0 Å². The maximum atomic E-state index is 12.3. The Morgan fingerprint density at radius 1 is 1.33 bits per heavy atom. The summed E-state index contributed by atoms with van der Waals surface area (Å²) < 4.78 is 16.7. The number of hydrogen-bond donors (Lipinski definition) is 1. The van der Waals surface area contributed by atoms with Gasteiger partial charge in [-0.1, -0.05) is 17.2 Å². The molecule has 1 aromatic carbocycles. The van der Waals surface area contributed by atoms with Crippen LogP contribution in [0.3, 0.4) is 0 Å². The molecule has 2 heterocycles. The molecule has 0 saturated carbocycles. The Kier molecular flexibility index (Phi) is 7.65. The molecule has 9 heteroatoms. The monoisotopic (exact) mass is 409 g/mol. The van der Waals surface area contributed by atoms with Crippen molar-refractivity contribution in [3.05, 3.63) is 70.1 Å². The normalized spacial score (nSPS) is 10.6. The number of furan rings is 1. The van der Waals surface area contributed by atoms with E-state index >= 15 is 0 Å².